The summed E-state index contributed by atoms with van der Waals surface area (Å²) in [5.41, 5.74) is 0. The predicted octanol–water partition coefficient (Wildman–Crippen LogP) is 2.35. The Kier molecular flexibility index (Phi) is 3.62. The highest BCUT2D eigenvalue weighted by atomic mass is 35.5. The number of hydrogen-bond donors (Lipinski definition) is 1. The van der Waals surface area contributed by atoms with Gasteiger partial charge in [0.25, 0.3) is 5.91 Å². The molecule has 0 atom stereocenters. The van der Waals surface area contributed by atoms with E-state index in [0.29, 0.717) is 16.6 Å². The van der Waals surface area contributed by atoms with Gasteiger partial charge in [0.2, 0.25) is 0 Å². The molecule has 17 heavy (non-hydrogen) atoms. The van der Waals surface area contributed by atoms with Crippen molar-refractivity contribution in [3.05, 3.63) is 41.6 Å². The monoisotopic (exact) mass is 252 g/mol. The van der Waals surface area contributed by atoms with Crippen molar-refractivity contribution in [1.82, 2.24) is 5.16 Å². The second-order valence-electron chi connectivity index (χ2n) is 3.18. The van der Waals surface area contributed by atoms with E-state index in [-0.39, 0.29) is 12.5 Å². The summed E-state index contributed by atoms with van der Waals surface area (Å²) >= 11 is 5.72. The van der Waals surface area contributed by atoms with Gasteiger partial charge in [-0.15, -0.1) is 0 Å². The van der Waals surface area contributed by atoms with Crippen LogP contribution in [0.2, 0.25) is 5.02 Å². The molecule has 0 radical (unpaired) electrons. The van der Waals surface area contributed by atoms with Crippen LogP contribution in [0.25, 0.3) is 0 Å². The Bertz CT molecular complexity index is 482. The fourth-order valence-electron chi connectivity index (χ4n) is 1.14. The molecular weight excluding hydrogens is 244 g/mol. The maximum atomic E-state index is 11.4. The van der Waals surface area contributed by atoms with Gasteiger partial charge < -0.3 is 14.6 Å². The van der Waals surface area contributed by atoms with Gasteiger partial charge >= 0.3 is 0 Å². The number of benzene rings is 1. The molecule has 5 nitrogen and oxygen atoms in total. The lowest BCUT2D eigenvalue weighted by molar-refractivity contribution is -0.118. The minimum atomic E-state index is -0.311. The van der Waals surface area contributed by atoms with E-state index < -0.39 is 0 Å². The van der Waals surface area contributed by atoms with E-state index in [9.17, 15) is 4.79 Å². The SMILES string of the molecule is O=C(COc1ccc(Cl)cc1)Nc1ccon1. The van der Waals surface area contributed by atoms with Gasteiger partial charge in [0.05, 0.1) is 0 Å². The number of hydrogen-bond acceptors (Lipinski definition) is 4. The van der Waals surface area contributed by atoms with Gasteiger partial charge in [0.15, 0.2) is 12.4 Å². The maximum Gasteiger partial charge on any atom is 0.263 e. The van der Waals surface area contributed by atoms with Gasteiger partial charge in [-0.3, -0.25) is 4.79 Å². The van der Waals surface area contributed by atoms with Gasteiger partial charge in [-0.2, -0.15) is 0 Å². The molecule has 1 heterocycles. The fourth-order valence-corrected chi connectivity index (χ4v) is 1.26. The highest BCUT2D eigenvalue weighted by Crippen LogP contribution is 2.15. The second-order valence-corrected chi connectivity index (χ2v) is 3.61. The lowest BCUT2D eigenvalue weighted by Gasteiger charge is -2.05. The van der Waals surface area contributed by atoms with Crippen molar-refractivity contribution < 1.29 is 14.1 Å². The van der Waals surface area contributed by atoms with Gasteiger partial charge in [-0.25, -0.2) is 0 Å². The Morgan fingerprint density at radius 2 is 2.12 bits per heavy atom. The molecule has 88 valence electrons. The van der Waals surface area contributed by atoms with Crippen molar-refractivity contribution in [2.24, 2.45) is 0 Å². The molecule has 0 bridgehead atoms. The number of halogens is 1. The molecule has 0 fully saturated rings. The topological polar surface area (TPSA) is 64.4 Å². The molecule has 0 saturated carbocycles. The van der Waals surface area contributed by atoms with E-state index in [0.717, 1.165) is 0 Å². The third-order valence-electron chi connectivity index (χ3n) is 1.89. The highest BCUT2D eigenvalue weighted by Gasteiger charge is 2.05. The molecule has 1 aromatic carbocycles. The van der Waals surface area contributed by atoms with Crippen LogP contribution < -0.4 is 10.1 Å². The minimum Gasteiger partial charge on any atom is -0.484 e. The Labute approximate surface area is 102 Å². The summed E-state index contributed by atoms with van der Waals surface area (Å²) in [6.07, 6.45) is 1.37. The third kappa shape index (κ3) is 3.49. The Hall–Kier alpha value is -2.01. The summed E-state index contributed by atoms with van der Waals surface area (Å²) in [6, 6.07) is 8.29. The van der Waals surface area contributed by atoms with E-state index >= 15 is 0 Å². The summed E-state index contributed by atoms with van der Waals surface area (Å²) in [5, 5.41) is 6.67. The van der Waals surface area contributed by atoms with Crippen LogP contribution in [0.15, 0.2) is 41.1 Å². The highest BCUT2D eigenvalue weighted by molar-refractivity contribution is 6.30. The average molecular weight is 253 g/mol. The van der Waals surface area contributed by atoms with Crippen LogP contribution in [0, 0.1) is 0 Å². The molecule has 1 N–H and O–H groups in total. The number of nitrogens with one attached hydrogen (secondary N) is 1. The molecule has 0 spiro atoms. The number of anilines is 1. The van der Waals surface area contributed by atoms with E-state index in [1.807, 2.05) is 0 Å². The smallest absolute Gasteiger partial charge is 0.263 e. The zero-order chi connectivity index (χ0) is 12.1. The maximum absolute atomic E-state index is 11.4. The first-order valence-corrected chi connectivity index (χ1v) is 5.20. The largest absolute Gasteiger partial charge is 0.484 e. The number of ether oxygens (including phenoxy) is 1. The Morgan fingerprint density at radius 3 is 2.76 bits per heavy atom. The van der Waals surface area contributed by atoms with Gasteiger partial charge in [-0.1, -0.05) is 16.8 Å². The number of carbonyl (C=O) groups is 1. The number of nitrogens with zero attached hydrogens (tertiary/aromatic N) is 1. The van der Waals surface area contributed by atoms with Crippen LogP contribution in [0.4, 0.5) is 5.82 Å². The van der Waals surface area contributed by atoms with Crippen molar-refractivity contribution in [1.29, 1.82) is 0 Å². The minimum absolute atomic E-state index is 0.103. The van der Waals surface area contributed by atoms with Gasteiger partial charge in [0, 0.05) is 11.1 Å². The van der Waals surface area contributed by atoms with Crippen LogP contribution in [-0.4, -0.2) is 17.7 Å². The van der Waals surface area contributed by atoms with Crippen LogP contribution in [0.1, 0.15) is 0 Å². The van der Waals surface area contributed by atoms with Crippen LogP contribution in [0.3, 0.4) is 0 Å². The number of amides is 1. The molecule has 6 heteroatoms. The van der Waals surface area contributed by atoms with Crippen LogP contribution >= 0.6 is 11.6 Å². The summed E-state index contributed by atoms with van der Waals surface area (Å²) in [4.78, 5) is 11.4. The van der Waals surface area contributed by atoms with Crippen molar-refractivity contribution >= 4 is 23.3 Å². The van der Waals surface area contributed by atoms with Crippen LogP contribution in [-0.2, 0) is 4.79 Å². The van der Waals surface area contributed by atoms with Gasteiger partial charge in [0.1, 0.15) is 12.0 Å². The lowest BCUT2D eigenvalue weighted by atomic mass is 10.3. The molecular formula is C11H9ClN2O3. The molecule has 2 rings (SSSR count). The zero-order valence-corrected chi connectivity index (χ0v) is 9.48. The quantitative estimate of drug-likeness (QED) is 0.907. The summed E-state index contributed by atoms with van der Waals surface area (Å²) in [7, 11) is 0. The average Bonchev–Trinajstić information content (AvgIpc) is 2.81. The van der Waals surface area contributed by atoms with Crippen molar-refractivity contribution in [2.45, 2.75) is 0 Å². The molecule has 2 aromatic rings. The van der Waals surface area contributed by atoms with Crippen molar-refractivity contribution in [3.8, 4) is 5.75 Å². The van der Waals surface area contributed by atoms with Crippen molar-refractivity contribution in [3.63, 3.8) is 0 Å². The first-order valence-electron chi connectivity index (χ1n) is 4.82. The normalized spacial score (nSPS) is 9.94. The van der Waals surface area contributed by atoms with E-state index in [2.05, 4.69) is 15.0 Å². The lowest BCUT2D eigenvalue weighted by Crippen LogP contribution is -2.20. The van der Waals surface area contributed by atoms with Gasteiger partial charge in [-0.05, 0) is 24.3 Å². The Balaban J connectivity index is 1.82. The first-order chi connectivity index (χ1) is 8.24. The van der Waals surface area contributed by atoms with E-state index in [4.69, 9.17) is 16.3 Å². The first kappa shape index (κ1) is 11.5. The molecule has 0 unspecified atom stereocenters. The van der Waals surface area contributed by atoms with E-state index in [1.165, 1.54) is 6.26 Å². The summed E-state index contributed by atoms with van der Waals surface area (Å²) in [6.45, 7) is -0.103. The van der Waals surface area contributed by atoms with Crippen molar-refractivity contribution in [2.75, 3.05) is 11.9 Å². The second kappa shape index (κ2) is 5.36. The molecule has 1 aromatic heterocycles. The molecule has 0 aliphatic rings. The molecule has 0 saturated heterocycles. The summed E-state index contributed by atoms with van der Waals surface area (Å²) in [5.74, 6) is 0.619. The summed E-state index contributed by atoms with van der Waals surface area (Å²) < 4.78 is 9.81. The predicted molar refractivity (Wildman–Crippen MR) is 62.1 cm³/mol. The van der Waals surface area contributed by atoms with Crippen LogP contribution in [0.5, 0.6) is 5.75 Å². The third-order valence-corrected chi connectivity index (χ3v) is 2.14. The fraction of sp³-hybridized carbons (Fsp3) is 0.0909. The van der Waals surface area contributed by atoms with E-state index in [1.54, 1.807) is 30.3 Å². The molecule has 1 amide bonds. The number of rotatable bonds is 4. The number of carbonyl (C=O) groups excluding carboxylic acids is 1. The molecule has 0 aliphatic carbocycles. The Morgan fingerprint density at radius 1 is 1.35 bits per heavy atom. The zero-order valence-electron chi connectivity index (χ0n) is 8.72. The number of aromatic nitrogens is 1. The molecule has 0 aliphatic heterocycles. The standard InChI is InChI=1S/C11H9ClN2O3/c12-8-1-3-9(4-2-8)16-7-11(15)13-10-5-6-17-14-10/h1-6H,7H2,(H,13,14,15).